The molecule has 0 spiro atoms. The van der Waals surface area contributed by atoms with Gasteiger partial charge in [-0.05, 0) is 29.7 Å². The fraction of sp³-hybridized carbons (Fsp3) is 0.167. The van der Waals surface area contributed by atoms with Crippen molar-refractivity contribution in [1.82, 2.24) is 0 Å². The fourth-order valence-electron chi connectivity index (χ4n) is 2.57. The van der Waals surface area contributed by atoms with E-state index >= 15 is 0 Å². The first-order chi connectivity index (χ1) is 9.78. The molecule has 2 aromatic carbocycles. The SMILES string of the molecule is COc1ccc(/C=C/C2Cc3ccccc3C2=O)cc1. The Kier molecular flexibility index (Phi) is 3.38. The molecule has 0 amide bonds. The van der Waals surface area contributed by atoms with Gasteiger partial charge in [-0.2, -0.15) is 0 Å². The molecule has 0 bridgehead atoms. The average molecular weight is 264 g/mol. The Balaban J connectivity index is 1.76. The maximum atomic E-state index is 12.2. The molecule has 0 radical (unpaired) electrons. The van der Waals surface area contributed by atoms with Gasteiger partial charge in [0.15, 0.2) is 5.78 Å². The number of benzene rings is 2. The van der Waals surface area contributed by atoms with Gasteiger partial charge in [0.25, 0.3) is 0 Å². The molecule has 0 aliphatic heterocycles. The van der Waals surface area contributed by atoms with Gasteiger partial charge in [-0.25, -0.2) is 0 Å². The van der Waals surface area contributed by atoms with Gasteiger partial charge in [-0.15, -0.1) is 0 Å². The van der Waals surface area contributed by atoms with Crippen molar-refractivity contribution in [2.75, 3.05) is 7.11 Å². The highest BCUT2D eigenvalue weighted by atomic mass is 16.5. The van der Waals surface area contributed by atoms with Crippen LogP contribution in [0, 0.1) is 5.92 Å². The number of carbonyl (C=O) groups is 1. The van der Waals surface area contributed by atoms with Gasteiger partial charge in [-0.3, -0.25) is 4.79 Å². The molecule has 1 atom stereocenters. The van der Waals surface area contributed by atoms with Crippen molar-refractivity contribution in [1.29, 1.82) is 0 Å². The molecule has 0 N–H and O–H groups in total. The summed E-state index contributed by atoms with van der Waals surface area (Å²) < 4.78 is 5.13. The quantitative estimate of drug-likeness (QED) is 0.843. The Labute approximate surface area is 118 Å². The number of rotatable bonds is 3. The second-order valence-corrected chi connectivity index (χ2v) is 4.96. The number of allylic oxidation sites excluding steroid dienone is 1. The van der Waals surface area contributed by atoms with E-state index in [0.717, 1.165) is 28.9 Å². The highest BCUT2D eigenvalue weighted by molar-refractivity contribution is 6.03. The summed E-state index contributed by atoms with van der Waals surface area (Å²) in [5, 5.41) is 0. The van der Waals surface area contributed by atoms with Crippen molar-refractivity contribution in [2.24, 2.45) is 5.92 Å². The molecule has 2 nitrogen and oxygen atoms in total. The van der Waals surface area contributed by atoms with E-state index in [1.807, 2.05) is 60.7 Å². The van der Waals surface area contributed by atoms with Crippen LogP contribution in [0.1, 0.15) is 21.5 Å². The van der Waals surface area contributed by atoms with Crippen molar-refractivity contribution in [3.63, 3.8) is 0 Å². The summed E-state index contributed by atoms with van der Waals surface area (Å²) in [5.74, 6) is 1.03. The number of hydrogen-bond donors (Lipinski definition) is 0. The van der Waals surface area contributed by atoms with Crippen LogP contribution in [-0.4, -0.2) is 12.9 Å². The molecular weight excluding hydrogens is 248 g/mol. The zero-order valence-corrected chi connectivity index (χ0v) is 11.4. The summed E-state index contributed by atoms with van der Waals surface area (Å²) >= 11 is 0. The maximum absolute atomic E-state index is 12.2. The smallest absolute Gasteiger partial charge is 0.170 e. The topological polar surface area (TPSA) is 26.3 Å². The van der Waals surface area contributed by atoms with Crippen molar-refractivity contribution < 1.29 is 9.53 Å². The predicted octanol–water partition coefficient (Wildman–Crippen LogP) is 3.76. The summed E-state index contributed by atoms with van der Waals surface area (Å²) in [6.45, 7) is 0. The van der Waals surface area contributed by atoms with E-state index in [4.69, 9.17) is 4.74 Å². The van der Waals surface area contributed by atoms with E-state index in [0.29, 0.717) is 0 Å². The molecule has 0 saturated heterocycles. The van der Waals surface area contributed by atoms with Crippen LogP contribution in [0.25, 0.3) is 6.08 Å². The zero-order chi connectivity index (χ0) is 13.9. The van der Waals surface area contributed by atoms with Crippen LogP contribution in [0.5, 0.6) is 5.75 Å². The third kappa shape index (κ3) is 2.37. The number of hydrogen-bond acceptors (Lipinski definition) is 2. The van der Waals surface area contributed by atoms with Crippen LogP contribution in [-0.2, 0) is 6.42 Å². The van der Waals surface area contributed by atoms with Crippen LogP contribution in [0.4, 0.5) is 0 Å². The van der Waals surface area contributed by atoms with E-state index < -0.39 is 0 Å². The molecule has 3 rings (SSSR count). The lowest BCUT2D eigenvalue weighted by molar-refractivity contribution is 0.0960. The summed E-state index contributed by atoms with van der Waals surface area (Å²) in [7, 11) is 1.65. The van der Waals surface area contributed by atoms with Gasteiger partial charge in [0.1, 0.15) is 5.75 Å². The standard InChI is InChI=1S/C18H16O2/c1-20-16-10-7-13(8-11-16)6-9-15-12-14-4-2-3-5-17(14)18(15)19/h2-11,15H,12H2,1H3/b9-6+. The lowest BCUT2D eigenvalue weighted by Crippen LogP contribution is -2.04. The highest BCUT2D eigenvalue weighted by Gasteiger charge is 2.27. The van der Waals surface area contributed by atoms with Crippen LogP contribution in [0.15, 0.2) is 54.6 Å². The van der Waals surface area contributed by atoms with E-state index in [9.17, 15) is 4.79 Å². The molecule has 2 heteroatoms. The largest absolute Gasteiger partial charge is 0.497 e. The Hall–Kier alpha value is -2.35. The molecule has 0 aromatic heterocycles. The average Bonchev–Trinajstić information content (AvgIpc) is 2.83. The van der Waals surface area contributed by atoms with Crippen molar-refractivity contribution in [3.8, 4) is 5.75 Å². The molecular formula is C18H16O2. The minimum atomic E-state index is -0.0329. The van der Waals surface area contributed by atoms with Gasteiger partial charge < -0.3 is 4.74 Å². The first kappa shape index (κ1) is 12.7. The monoisotopic (exact) mass is 264 g/mol. The highest BCUT2D eigenvalue weighted by Crippen LogP contribution is 2.28. The lowest BCUT2D eigenvalue weighted by Gasteiger charge is -2.01. The first-order valence-corrected chi connectivity index (χ1v) is 6.72. The Bertz CT molecular complexity index is 653. The summed E-state index contributed by atoms with van der Waals surface area (Å²) in [6, 6.07) is 15.7. The van der Waals surface area contributed by atoms with Gasteiger partial charge in [0.05, 0.1) is 7.11 Å². The van der Waals surface area contributed by atoms with E-state index in [1.54, 1.807) is 7.11 Å². The number of ketones is 1. The summed E-state index contributed by atoms with van der Waals surface area (Å²) in [5.41, 5.74) is 3.10. The van der Waals surface area contributed by atoms with Crippen molar-refractivity contribution >= 4 is 11.9 Å². The van der Waals surface area contributed by atoms with Gasteiger partial charge >= 0.3 is 0 Å². The van der Waals surface area contributed by atoms with Crippen LogP contribution < -0.4 is 4.74 Å². The molecule has 0 heterocycles. The van der Waals surface area contributed by atoms with Crippen LogP contribution in [0.2, 0.25) is 0 Å². The molecule has 1 aliphatic carbocycles. The second kappa shape index (κ2) is 5.33. The summed E-state index contributed by atoms with van der Waals surface area (Å²) in [4.78, 5) is 12.2. The van der Waals surface area contributed by atoms with Crippen molar-refractivity contribution in [3.05, 3.63) is 71.3 Å². The number of Topliss-reactive ketones (excluding diaryl/α,β-unsaturated/α-hetero) is 1. The van der Waals surface area contributed by atoms with Gasteiger partial charge in [0.2, 0.25) is 0 Å². The lowest BCUT2D eigenvalue weighted by atomic mass is 10.0. The van der Waals surface area contributed by atoms with Gasteiger partial charge in [-0.1, -0.05) is 48.6 Å². The molecule has 1 unspecified atom stereocenters. The predicted molar refractivity (Wildman–Crippen MR) is 80.0 cm³/mol. The molecule has 20 heavy (non-hydrogen) atoms. The molecule has 0 saturated carbocycles. The Morgan fingerprint density at radius 3 is 2.55 bits per heavy atom. The molecule has 0 fully saturated rings. The van der Waals surface area contributed by atoms with Crippen LogP contribution in [0.3, 0.4) is 0 Å². The van der Waals surface area contributed by atoms with E-state index in [2.05, 4.69) is 0 Å². The van der Waals surface area contributed by atoms with E-state index in [1.165, 1.54) is 0 Å². The number of methoxy groups -OCH3 is 1. The number of ether oxygens (including phenoxy) is 1. The minimum Gasteiger partial charge on any atom is -0.497 e. The molecule has 2 aromatic rings. The molecule has 1 aliphatic rings. The second-order valence-electron chi connectivity index (χ2n) is 4.96. The Morgan fingerprint density at radius 1 is 1.10 bits per heavy atom. The Morgan fingerprint density at radius 2 is 1.85 bits per heavy atom. The zero-order valence-electron chi connectivity index (χ0n) is 11.4. The fourth-order valence-corrected chi connectivity index (χ4v) is 2.57. The normalized spacial score (nSPS) is 17.4. The molecule has 100 valence electrons. The van der Waals surface area contributed by atoms with Crippen LogP contribution >= 0.6 is 0 Å². The minimum absolute atomic E-state index is 0.0329. The van der Waals surface area contributed by atoms with Gasteiger partial charge in [0, 0.05) is 11.5 Å². The third-order valence-corrected chi connectivity index (χ3v) is 3.70. The van der Waals surface area contributed by atoms with Crippen molar-refractivity contribution in [2.45, 2.75) is 6.42 Å². The number of fused-ring (bicyclic) bond motifs is 1. The summed E-state index contributed by atoms with van der Waals surface area (Å²) in [6.07, 6.45) is 4.82. The maximum Gasteiger partial charge on any atom is 0.170 e. The number of carbonyl (C=O) groups excluding carboxylic acids is 1. The van der Waals surface area contributed by atoms with E-state index in [-0.39, 0.29) is 11.7 Å². The first-order valence-electron chi connectivity index (χ1n) is 6.72. The third-order valence-electron chi connectivity index (χ3n) is 3.70.